The number of ether oxygens (including phenoxy) is 1. The Hall–Kier alpha value is -4.09. The van der Waals surface area contributed by atoms with Gasteiger partial charge in [-0.2, -0.15) is 5.26 Å². The Kier molecular flexibility index (Phi) is 5.14. The lowest BCUT2D eigenvalue weighted by Crippen LogP contribution is -2.39. The van der Waals surface area contributed by atoms with Crippen LogP contribution in [0.4, 0.5) is 10.1 Å². The fraction of sp³-hybridized carbons (Fsp3) is 0.115. The minimum atomic E-state index is -4.20. The van der Waals surface area contributed by atoms with Crippen LogP contribution in [-0.4, -0.2) is 8.42 Å². The quantitative estimate of drug-likeness (QED) is 0.597. The molecule has 0 aliphatic carbocycles. The first kappa shape index (κ1) is 21.7. The number of sulfonamides is 1. The maximum Gasteiger partial charge on any atom is 0.265 e. The summed E-state index contributed by atoms with van der Waals surface area (Å²) < 4.78 is 49.6. The summed E-state index contributed by atoms with van der Waals surface area (Å²) in [7, 11) is -4.20. The van der Waals surface area contributed by atoms with Crippen molar-refractivity contribution in [3.05, 3.63) is 117 Å². The van der Waals surface area contributed by atoms with Crippen LogP contribution in [-0.2, 0) is 21.3 Å². The Balaban J connectivity index is 1.78. The Bertz CT molecular complexity index is 1540. The number of nitrogens with two attached hydrogens (primary N) is 1. The predicted molar refractivity (Wildman–Crippen MR) is 127 cm³/mol. The molecule has 0 spiro atoms. The smallest absolute Gasteiger partial charge is 0.265 e. The highest BCUT2D eigenvalue weighted by molar-refractivity contribution is 7.96. The molecule has 3 aromatic carbocycles. The number of fused-ring (bicyclic) bond motifs is 2. The number of halogens is 1. The number of benzene rings is 3. The van der Waals surface area contributed by atoms with E-state index >= 15 is 0 Å². The summed E-state index contributed by atoms with van der Waals surface area (Å²) in [5.74, 6) is -1.80. The maximum absolute atomic E-state index is 14.2. The molecular weight excluding hydrogens is 453 g/mol. The first-order chi connectivity index (χ1) is 16.3. The van der Waals surface area contributed by atoms with Gasteiger partial charge in [0.1, 0.15) is 22.4 Å². The fourth-order valence-electron chi connectivity index (χ4n) is 4.44. The normalized spacial score (nSPS) is 18.6. The second-order valence-corrected chi connectivity index (χ2v) is 9.96. The summed E-state index contributed by atoms with van der Waals surface area (Å²) in [6.45, 7) is 2.00. The number of anilines is 1. The summed E-state index contributed by atoms with van der Waals surface area (Å²) in [5.41, 5.74) is 9.05. The van der Waals surface area contributed by atoms with Crippen molar-refractivity contribution in [2.45, 2.75) is 19.4 Å². The summed E-state index contributed by atoms with van der Waals surface area (Å²) in [6.07, 6.45) is 0. The van der Waals surface area contributed by atoms with Crippen LogP contribution in [0.25, 0.3) is 5.76 Å². The van der Waals surface area contributed by atoms with Crippen molar-refractivity contribution in [1.82, 2.24) is 0 Å². The summed E-state index contributed by atoms with van der Waals surface area (Å²) >= 11 is 0. The number of allylic oxidation sites excluding steroid dienone is 2. The van der Waals surface area contributed by atoms with Crippen LogP contribution >= 0.6 is 0 Å². The van der Waals surface area contributed by atoms with Gasteiger partial charge in [-0.15, -0.1) is 0 Å². The summed E-state index contributed by atoms with van der Waals surface area (Å²) in [6, 6.07) is 22.0. The van der Waals surface area contributed by atoms with Crippen molar-refractivity contribution < 1.29 is 17.5 Å². The number of rotatable bonds is 3. The largest absolute Gasteiger partial charge is 0.439 e. The molecule has 0 saturated heterocycles. The lowest BCUT2D eigenvalue weighted by molar-refractivity contribution is 0.357. The van der Waals surface area contributed by atoms with Crippen molar-refractivity contribution in [2.24, 2.45) is 5.73 Å². The Morgan fingerprint density at radius 3 is 2.56 bits per heavy atom. The minimum absolute atomic E-state index is 0.0578. The molecule has 0 saturated carbocycles. The molecule has 170 valence electrons. The average molecular weight is 474 g/mol. The molecule has 34 heavy (non-hydrogen) atoms. The lowest BCUT2D eigenvalue weighted by atomic mass is 9.88. The molecule has 5 rings (SSSR count). The SMILES string of the molecule is Cc1ccccc1CN1c2ccccc2C2=C([C@H](c3cccc(F)c3)C(C#N)=C(N)O2)S1(=O)=O. The summed E-state index contributed by atoms with van der Waals surface area (Å²) in [5, 5.41) is 9.86. The van der Waals surface area contributed by atoms with E-state index in [9.17, 15) is 18.1 Å². The molecule has 2 heterocycles. The molecule has 0 fully saturated rings. The van der Waals surface area contributed by atoms with Gasteiger partial charge < -0.3 is 10.5 Å². The van der Waals surface area contributed by atoms with Crippen molar-refractivity contribution >= 4 is 21.5 Å². The monoisotopic (exact) mass is 473 g/mol. The molecular formula is C26H20FN3O3S. The fourth-order valence-corrected chi connectivity index (χ4v) is 6.34. The van der Waals surface area contributed by atoms with Gasteiger partial charge in [-0.05, 0) is 47.9 Å². The Labute approximate surface area is 197 Å². The number of hydrogen-bond donors (Lipinski definition) is 1. The standard InChI is InChI=1S/C26H20FN3O3S/c1-16-7-2-3-8-18(16)15-30-22-12-5-4-11-20(22)24-25(34(30,31)32)23(21(14-28)26(29)33-24)17-9-6-10-19(27)13-17/h2-13,23H,15,29H2,1H3/t23-/m1/s1. The molecule has 0 bridgehead atoms. The van der Waals surface area contributed by atoms with Gasteiger partial charge >= 0.3 is 0 Å². The van der Waals surface area contributed by atoms with Gasteiger partial charge in [-0.25, -0.2) is 12.8 Å². The highest BCUT2D eigenvalue weighted by Gasteiger charge is 2.47. The molecule has 6 nitrogen and oxygen atoms in total. The molecule has 1 atom stereocenters. The van der Waals surface area contributed by atoms with Crippen LogP contribution in [0.2, 0.25) is 0 Å². The number of para-hydroxylation sites is 1. The van der Waals surface area contributed by atoms with Crippen LogP contribution in [0, 0.1) is 24.1 Å². The third kappa shape index (κ3) is 3.33. The third-order valence-electron chi connectivity index (χ3n) is 6.12. The van der Waals surface area contributed by atoms with Crippen LogP contribution in [0.15, 0.2) is 89.2 Å². The van der Waals surface area contributed by atoms with Gasteiger partial charge in [-0.1, -0.05) is 48.5 Å². The lowest BCUT2D eigenvalue weighted by Gasteiger charge is -2.38. The zero-order valence-corrected chi connectivity index (χ0v) is 19.0. The van der Waals surface area contributed by atoms with Gasteiger partial charge in [0, 0.05) is 5.56 Å². The van der Waals surface area contributed by atoms with E-state index < -0.39 is 21.8 Å². The number of hydrogen-bond acceptors (Lipinski definition) is 5. The van der Waals surface area contributed by atoms with E-state index in [1.807, 2.05) is 37.3 Å². The number of nitriles is 1. The highest BCUT2D eigenvalue weighted by Crippen LogP contribution is 2.51. The van der Waals surface area contributed by atoms with Crippen LogP contribution < -0.4 is 10.0 Å². The van der Waals surface area contributed by atoms with E-state index in [2.05, 4.69) is 0 Å². The summed E-state index contributed by atoms with van der Waals surface area (Å²) in [4.78, 5) is -0.129. The minimum Gasteiger partial charge on any atom is -0.439 e. The molecule has 0 aromatic heterocycles. The molecule has 8 heteroatoms. The second-order valence-electron chi connectivity index (χ2n) is 8.13. The Morgan fingerprint density at radius 1 is 1.09 bits per heavy atom. The van der Waals surface area contributed by atoms with Crippen molar-refractivity contribution in [3.8, 4) is 6.07 Å². The molecule has 0 unspecified atom stereocenters. The maximum atomic E-state index is 14.2. The first-order valence-corrected chi connectivity index (χ1v) is 12.0. The van der Waals surface area contributed by atoms with E-state index in [1.54, 1.807) is 30.3 Å². The Morgan fingerprint density at radius 2 is 1.82 bits per heavy atom. The van der Waals surface area contributed by atoms with Gasteiger partial charge in [0.25, 0.3) is 10.0 Å². The predicted octanol–water partition coefficient (Wildman–Crippen LogP) is 4.66. The van der Waals surface area contributed by atoms with Crippen molar-refractivity contribution in [3.63, 3.8) is 0 Å². The van der Waals surface area contributed by atoms with Crippen LogP contribution in [0.5, 0.6) is 0 Å². The molecule has 0 radical (unpaired) electrons. The topological polar surface area (TPSA) is 96.4 Å². The third-order valence-corrected chi connectivity index (χ3v) is 8.00. The van der Waals surface area contributed by atoms with E-state index in [0.717, 1.165) is 11.1 Å². The first-order valence-electron chi connectivity index (χ1n) is 10.6. The molecule has 3 aromatic rings. The van der Waals surface area contributed by atoms with E-state index in [0.29, 0.717) is 16.8 Å². The van der Waals surface area contributed by atoms with Crippen molar-refractivity contribution in [1.29, 1.82) is 5.26 Å². The van der Waals surface area contributed by atoms with Crippen LogP contribution in [0.1, 0.15) is 28.2 Å². The highest BCUT2D eigenvalue weighted by atomic mass is 32.2. The van der Waals surface area contributed by atoms with Gasteiger partial charge in [0.05, 0.1) is 18.2 Å². The molecule has 2 N–H and O–H groups in total. The molecule has 2 aliphatic rings. The second kappa shape index (κ2) is 8.04. The molecule has 0 amide bonds. The number of aryl methyl sites for hydroxylation is 1. The average Bonchev–Trinajstić information content (AvgIpc) is 2.82. The van der Waals surface area contributed by atoms with Gasteiger partial charge in [0.2, 0.25) is 5.88 Å². The van der Waals surface area contributed by atoms with E-state index in [-0.39, 0.29) is 28.7 Å². The van der Waals surface area contributed by atoms with Crippen LogP contribution in [0.3, 0.4) is 0 Å². The van der Waals surface area contributed by atoms with E-state index in [1.165, 1.54) is 22.5 Å². The van der Waals surface area contributed by atoms with Gasteiger partial charge in [-0.3, -0.25) is 4.31 Å². The van der Waals surface area contributed by atoms with Crippen molar-refractivity contribution in [2.75, 3.05) is 4.31 Å². The number of nitrogens with zero attached hydrogens (tertiary/aromatic N) is 2. The molecule has 2 aliphatic heterocycles. The zero-order chi connectivity index (χ0) is 24.0. The van der Waals surface area contributed by atoms with Gasteiger partial charge in [0.15, 0.2) is 5.76 Å². The zero-order valence-electron chi connectivity index (χ0n) is 18.2. The van der Waals surface area contributed by atoms with E-state index in [4.69, 9.17) is 10.5 Å².